The lowest BCUT2D eigenvalue weighted by Crippen LogP contribution is -2.26. The number of amides is 1. The topological polar surface area (TPSA) is 46.9 Å². The number of carbonyl (C=O) groups excluding carboxylic acids is 1. The monoisotopic (exact) mass is 349 g/mol. The van der Waals surface area contributed by atoms with Gasteiger partial charge in [-0.3, -0.25) is 4.79 Å². The zero-order chi connectivity index (χ0) is 17.5. The van der Waals surface area contributed by atoms with Crippen LogP contribution in [-0.4, -0.2) is 27.8 Å². The number of aromatic nitrogens is 2. The summed E-state index contributed by atoms with van der Waals surface area (Å²) in [5.74, 6) is 1.10. The summed E-state index contributed by atoms with van der Waals surface area (Å²) in [5, 5.41) is 4.01. The molecular formula is C19H31N3OS. The molecule has 1 N–H and O–H groups in total. The smallest absolute Gasteiger partial charge is 0.230 e. The Labute approximate surface area is 150 Å². The van der Waals surface area contributed by atoms with Crippen molar-refractivity contribution in [2.45, 2.75) is 71.5 Å². The van der Waals surface area contributed by atoms with Crippen LogP contribution >= 0.6 is 11.8 Å². The van der Waals surface area contributed by atoms with E-state index in [0.717, 1.165) is 30.4 Å². The summed E-state index contributed by atoms with van der Waals surface area (Å²) in [7, 11) is 0. The van der Waals surface area contributed by atoms with Crippen molar-refractivity contribution in [3.8, 4) is 0 Å². The molecule has 1 amide bonds. The van der Waals surface area contributed by atoms with Gasteiger partial charge in [0.05, 0.1) is 11.4 Å². The van der Waals surface area contributed by atoms with Crippen LogP contribution in [-0.2, 0) is 11.3 Å². The van der Waals surface area contributed by atoms with Crippen molar-refractivity contribution >= 4 is 17.7 Å². The molecule has 0 unspecified atom stereocenters. The summed E-state index contributed by atoms with van der Waals surface area (Å²) in [5.41, 5.74) is 3.77. The maximum absolute atomic E-state index is 12.1. The van der Waals surface area contributed by atoms with Gasteiger partial charge >= 0.3 is 0 Å². The van der Waals surface area contributed by atoms with Gasteiger partial charge in [-0.1, -0.05) is 37.3 Å². The van der Waals surface area contributed by atoms with Gasteiger partial charge in [0.2, 0.25) is 5.91 Å². The zero-order valence-corrected chi connectivity index (χ0v) is 16.3. The molecule has 4 nitrogen and oxygen atoms in total. The first-order valence-electron chi connectivity index (χ1n) is 9.08. The van der Waals surface area contributed by atoms with Gasteiger partial charge in [0.1, 0.15) is 0 Å². The molecule has 1 heterocycles. The molecule has 1 aliphatic rings. The molecule has 1 aromatic rings. The molecule has 0 fully saturated rings. The van der Waals surface area contributed by atoms with E-state index in [9.17, 15) is 4.79 Å². The van der Waals surface area contributed by atoms with E-state index in [1.165, 1.54) is 37.0 Å². The molecule has 24 heavy (non-hydrogen) atoms. The summed E-state index contributed by atoms with van der Waals surface area (Å²) < 4.78 is 2.24. The highest BCUT2D eigenvalue weighted by molar-refractivity contribution is 7.99. The summed E-state index contributed by atoms with van der Waals surface area (Å²) in [4.78, 5) is 16.7. The number of carbonyl (C=O) groups is 1. The average Bonchev–Trinajstić information content (AvgIpc) is 2.81. The lowest BCUT2D eigenvalue weighted by molar-refractivity contribution is -0.118. The predicted molar refractivity (Wildman–Crippen MR) is 101 cm³/mol. The fourth-order valence-electron chi connectivity index (χ4n) is 2.99. The molecule has 0 saturated heterocycles. The van der Waals surface area contributed by atoms with Crippen LogP contribution in [0, 0.1) is 19.8 Å². The Hall–Kier alpha value is -1.23. The van der Waals surface area contributed by atoms with Gasteiger partial charge in [-0.25, -0.2) is 4.98 Å². The Bertz CT molecular complexity index is 590. The van der Waals surface area contributed by atoms with Crippen LogP contribution in [0.5, 0.6) is 0 Å². The van der Waals surface area contributed by atoms with Crippen LogP contribution < -0.4 is 5.32 Å². The fraction of sp³-hybridized carbons (Fsp3) is 0.684. The highest BCUT2D eigenvalue weighted by atomic mass is 32.2. The van der Waals surface area contributed by atoms with E-state index < -0.39 is 0 Å². The molecule has 0 saturated carbocycles. The SMILES string of the molecule is Cc1nc(SCC(=O)NCCC2=CCCCC2)n(CC(C)C)c1C. The van der Waals surface area contributed by atoms with E-state index in [1.54, 1.807) is 11.8 Å². The molecule has 1 aromatic heterocycles. The number of rotatable bonds is 8. The summed E-state index contributed by atoms with van der Waals surface area (Å²) in [6.45, 7) is 10.3. The molecule has 0 aliphatic heterocycles. The normalized spacial score (nSPS) is 14.8. The van der Waals surface area contributed by atoms with Gasteiger partial charge in [0.25, 0.3) is 0 Å². The predicted octanol–water partition coefficient (Wildman–Crippen LogP) is 4.25. The van der Waals surface area contributed by atoms with Crippen molar-refractivity contribution in [2.24, 2.45) is 5.92 Å². The van der Waals surface area contributed by atoms with Crippen LogP contribution in [0.25, 0.3) is 0 Å². The Morgan fingerprint density at radius 1 is 1.38 bits per heavy atom. The van der Waals surface area contributed by atoms with Crippen molar-refractivity contribution in [3.63, 3.8) is 0 Å². The van der Waals surface area contributed by atoms with Crippen molar-refractivity contribution < 1.29 is 4.79 Å². The second-order valence-electron chi connectivity index (χ2n) is 7.07. The second-order valence-corrected chi connectivity index (χ2v) is 8.01. The number of allylic oxidation sites excluding steroid dienone is 1. The van der Waals surface area contributed by atoms with Gasteiger partial charge in [0.15, 0.2) is 5.16 Å². The van der Waals surface area contributed by atoms with Crippen molar-refractivity contribution in [1.82, 2.24) is 14.9 Å². The summed E-state index contributed by atoms with van der Waals surface area (Å²) >= 11 is 1.54. The van der Waals surface area contributed by atoms with Crippen molar-refractivity contribution in [3.05, 3.63) is 23.0 Å². The molecule has 0 aromatic carbocycles. The minimum Gasteiger partial charge on any atom is -0.355 e. The van der Waals surface area contributed by atoms with Crippen LogP contribution in [0.1, 0.15) is 57.3 Å². The highest BCUT2D eigenvalue weighted by Gasteiger charge is 2.14. The number of nitrogens with one attached hydrogen (secondary N) is 1. The van der Waals surface area contributed by atoms with E-state index in [1.807, 2.05) is 6.92 Å². The van der Waals surface area contributed by atoms with Gasteiger partial charge in [-0.15, -0.1) is 0 Å². The van der Waals surface area contributed by atoms with Gasteiger partial charge in [0, 0.05) is 18.8 Å². The maximum atomic E-state index is 12.1. The average molecular weight is 350 g/mol. The Morgan fingerprint density at radius 2 is 2.17 bits per heavy atom. The van der Waals surface area contributed by atoms with E-state index in [-0.39, 0.29) is 5.91 Å². The summed E-state index contributed by atoms with van der Waals surface area (Å²) in [6, 6.07) is 0. The standard InChI is InChI=1S/C19H31N3OS/c1-14(2)12-22-16(4)15(3)21-19(22)24-13-18(23)20-11-10-17-8-6-5-7-9-17/h8,14H,5-7,9-13H2,1-4H3,(H,20,23). The van der Waals surface area contributed by atoms with Crippen LogP contribution in [0.3, 0.4) is 0 Å². The maximum Gasteiger partial charge on any atom is 0.230 e. The minimum absolute atomic E-state index is 0.103. The largest absolute Gasteiger partial charge is 0.355 e. The van der Waals surface area contributed by atoms with Crippen molar-refractivity contribution in [2.75, 3.05) is 12.3 Å². The quantitative estimate of drug-likeness (QED) is 0.563. The Balaban J connectivity index is 1.79. The first kappa shape index (κ1) is 19.1. The molecule has 0 radical (unpaired) electrons. The number of hydrogen-bond acceptors (Lipinski definition) is 3. The molecule has 1 aliphatic carbocycles. The number of nitrogens with zero attached hydrogens (tertiary/aromatic N) is 2. The van der Waals surface area contributed by atoms with Gasteiger partial charge < -0.3 is 9.88 Å². The molecule has 0 spiro atoms. The number of aryl methyl sites for hydroxylation is 1. The van der Waals surface area contributed by atoms with Crippen LogP contribution in [0.15, 0.2) is 16.8 Å². The van der Waals surface area contributed by atoms with E-state index in [0.29, 0.717) is 11.7 Å². The number of hydrogen-bond donors (Lipinski definition) is 1. The fourth-order valence-corrected chi connectivity index (χ4v) is 3.92. The third-order valence-electron chi connectivity index (χ3n) is 4.46. The van der Waals surface area contributed by atoms with Crippen LogP contribution in [0.4, 0.5) is 0 Å². The van der Waals surface area contributed by atoms with Gasteiger partial charge in [-0.2, -0.15) is 0 Å². The highest BCUT2D eigenvalue weighted by Crippen LogP contribution is 2.22. The molecule has 5 heteroatoms. The van der Waals surface area contributed by atoms with E-state index in [4.69, 9.17) is 0 Å². The third kappa shape index (κ3) is 5.69. The van der Waals surface area contributed by atoms with Crippen LogP contribution in [0.2, 0.25) is 0 Å². The molecule has 134 valence electrons. The lowest BCUT2D eigenvalue weighted by atomic mass is 9.97. The first-order valence-corrected chi connectivity index (χ1v) is 10.1. The third-order valence-corrected chi connectivity index (χ3v) is 5.43. The molecular weight excluding hydrogens is 318 g/mol. The van der Waals surface area contributed by atoms with Gasteiger partial charge in [-0.05, 0) is 51.9 Å². The van der Waals surface area contributed by atoms with E-state index >= 15 is 0 Å². The summed E-state index contributed by atoms with van der Waals surface area (Å²) in [6.07, 6.45) is 8.36. The van der Waals surface area contributed by atoms with Crippen molar-refractivity contribution in [1.29, 1.82) is 0 Å². The molecule has 0 bridgehead atoms. The minimum atomic E-state index is 0.103. The Kier molecular flexibility index (Phi) is 7.40. The number of thioether (sulfide) groups is 1. The second kappa shape index (κ2) is 9.30. The van der Waals surface area contributed by atoms with E-state index in [2.05, 4.69) is 41.7 Å². The molecule has 2 rings (SSSR count). The number of imidazole rings is 1. The molecule has 0 atom stereocenters. The first-order chi connectivity index (χ1) is 11.5. The lowest BCUT2D eigenvalue weighted by Gasteiger charge is -2.13. The Morgan fingerprint density at radius 3 is 2.83 bits per heavy atom. The zero-order valence-electron chi connectivity index (χ0n) is 15.5.